The highest BCUT2D eigenvalue weighted by atomic mass is 79.9. The molecule has 0 heterocycles. The van der Waals surface area contributed by atoms with Gasteiger partial charge in [0.1, 0.15) is 30.0 Å². The van der Waals surface area contributed by atoms with E-state index in [0.29, 0.717) is 25.9 Å². The summed E-state index contributed by atoms with van der Waals surface area (Å²) in [6.45, 7) is -0.563. The van der Waals surface area contributed by atoms with E-state index in [1.165, 1.54) is 42.5 Å². The first kappa shape index (κ1) is 27.3. The number of carboxylic acid groups (broad SMARTS) is 1. The minimum atomic E-state index is -1.31. The molecule has 1 amide bonds. The number of halogens is 3. The van der Waals surface area contributed by atoms with Gasteiger partial charge in [-0.15, -0.1) is 0 Å². The summed E-state index contributed by atoms with van der Waals surface area (Å²) in [5.74, 6) is -1.85. The van der Waals surface area contributed by atoms with Gasteiger partial charge in [0.15, 0.2) is 5.75 Å². The van der Waals surface area contributed by atoms with Gasteiger partial charge in [-0.25, -0.2) is 4.39 Å². The Morgan fingerprint density at radius 3 is 2.24 bits per heavy atom. The third-order valence-corrected chi connectivity index (χ3v) is 6.71. The van der Waals surface area contributed by atoms with Crippen LogP contribution in [0.3, 0.4) is 0 Å². The molecule has 194 valence electrons. The molecule has 1 unspecified atom stereocenters. The number of hydrogen-bond acceptors (Lipinski definition) is 5. The molecule has 0 aromatic heterocycles. The van der Waals surface area contributed by atoms with Crippen molar-refractivity contribution in [2.24, 2.45) is 0 Å². The van der Waals surface area contributed by atoms with Crippen LogP contribution in [0, 0.1) is 5.82 Å². The number of nitrogens with zero attached hydrogens (tertiary/aromatic N) is 1. The summed E-state index contributed by atoms with van der Waals surface area (Å²) < 4.78 is 20.4. The number of ether oxygens (including phenoxy) is 1. The van der Waals surface area contributed by atoms with E-state index in [1.54, 1.807) is 42.5 Å². The number of aliphatic carboxylic acids is 1. The molecule has 0 saturated carbocycles. The quantitative estimate of drug-likeness (QED) is 0.198. The SMILES string of the molecule is O=C(O)CN(C(=O)c1ccccc1)c1cc(Br)c(Oc2ccc(O)c(C(O)c3cccc(F)c3)c2)c(Br)c1. The zero-order chi connectivity index (χ0) is 27.4. The minimum Gasteiger partial charge on any atom is -0.508 e. The predicted molar refractivity (Wildman–Crippen MR) is 146 cm³/mol. The predicted octanol–water partition coefficient (Wildman–Crippen LogP) is 6.66. The van der Waals surface area contributed by atoms with E-state index in [9.17, 15) is 29.3 Å². The highest BCUT2D eigenvalue weighted by molar-refractivity contribution is 9.11. The summed E-state index contributed by atoms with van der Waals surface area (Å²) >= 11 is 6.84. The van der Waals surface area contributed by atoms with Gasteiger partial charge >= 0.3 is 5.97 Å². The molecular formula is C28H20Br2FNO6. The highest BCUT2D eigenvalue weighted by Crippen LogP contribution is 2.42. The third kappa shape index (κ3) is 6.21. The van der Waals surface area contributed by atoms with Gasteiger partial charge in [-0.05, 0) is 92.0 Å². The molecule has 0 radical (unpaired) electrons. The maximum Gasteiger partial charge on any atom is 0.323 e. The van der Waals surface area contributed by atoms with Gasteiger partial charge in [-0.3, -0.25) is 14.5 Å². The lowest BCUT2D eigenvalue weighted by Crippen LogP contribution is -2.35. The Morgan fingerprint density at radius 1 is 0.921 bits per heavy atom. The van der Waals surface area contributed by atoms with Crippen LogP contribution in [-0.4, -0.2) is 33.7 Å². The summed E-state index contributed by atoms with van der Waals surface area (Å²) in [4.78, 5) is 25.7. The van der Waals surface area contributed by atoms with Gasteiger partial charge in [0.25, 0.3) is 5.91 Å². The molecule has 0 aliphatic carbocycles. The van der Waals surface area contributed by atoms with Gasteiger partial charge in [0, 0.05) is 16.8 Å². The highest BCUT2D eigenvalue weighted by Gasteiger charge is 2.23. The molecule has 0 bridgehead atoms. The Hall–Kier alpha value is -3.73. The van der Waals surface area contributed by atoms with Gasteiger partial charge < -0.3 is 20.1 Å². The van der Waals surface area contributed by atoms with E-state index in [1.807, 2.05) is 0 Å². The van der Waals surface area contributed by atoms with Gasteiger partial charge in [0.05, 0.1) is 8.95 Å². The number of benzene rings is 4. The number of carbonyl (C=O) groups excluding carboxylic acids is 1. The van der Waals surface area contributed by atoms with Crippen molar-refractivity contribution >= 4 is 49.4 Å². The van der Waals surface area contributed by atoms with Crippen molar-refractivity contribution in [2.75, 3.05) is 11.4 Å². The van der Waals surface area contributed by atoms with E-state index in [4.69, 9.17) is 4.74 Å². The number of carbonyl (C=O) groups is 2. The molecule has 3 N–H and O–H groups in total. The van der Waals surface area contributed by atoms with Crippen LogP contribution >= 0.6 is 31.9 Å². The number of amides is 1. The summed E-state index contributed by atoms with van der Waals surface area (Å²) in [6, 6.07) is 21.1. The number of rotatable bonds is 8. The Kier molecular flexibility index (Phi) is 8.45. The fourth-order valence-electron chi connectivity index (χ4n) is 3.74. The topological polar surface area (TPSA) is 107 Å². The Morgan fingerprint density at radius 2 is 1.61 bits per heavy atom. The maximum absolute atomic E-state index is 13.6. The number of carboxylic acids is 1. The van der Waals surface area contributed by atoms with Crippen molar-refractivity contribution in [3.63, 3.8) is 0 Å². The van der Waals surface area contributed by atoms with Crippen molar-refractivity contribution in [3.8, 4) is 17.2 Å². The normalized spacial score (nSPS) is 11.6. The third-order valence-electron chi connectivity index (χ3n) is 5.53. The number of hydrogen-bond donors (Lipinski definition) is 3. The Labute approximate surface area is 234 Å². The molecule has 0 aliphatic rings. The second-order valence-electron chi connectivity index (χ2n) is 8.17. The molecule has 10 heteroatoms. The Balaban J connectivity index is 1.65. The van der Waals surface area contributed by atoms with Crippen molar-refractivity contribution in [3.05, 3.63) is 116 Å². The summed E-state index contributed by atoms with van der Waals surface area (Å²) in [6.07, 6.45) is -1.31. The number of aliphatic hydroxyl groups excluding tert-OH is 1. The average molecular weight is 645 g/mol. The van der Waals surface area contributed by atoms with Crippen molar-refractivity contribution < 1.29 is 34.0 Å². The molecule has 0 fully saturated rings. The lowest BCUT2D eigenvalue weighted by atomic mass is 10.0. The molecule has 7 nitrogen and oxygen atoms in total. The molecule has 0 saturated heterocycles. The molecule has 4 aromatic carbocycles. The van der Waals surface area contributed by atoms with E-state index in [0.717, 1.165) is 4.90 Å². The Bertz CT molecular complexity index is 1480. The number of phenols is 1. The zero-order valence-electron chi connectivity index (χ0n) is 19.5. The molecule has 0 aliphatic heterocycles. The standard InChI is InChI=1S/C28H20Br2FNO6/c29-22-12-19(32(15-25(34)35)28(37)16-5-2-1-3-6-16)13-23(30)27(22)38-20-9-10-24(33)21(14-20)26(36)17-7-4-8-18(31)11-17/h1-14,26,33,36H,15H2,(H,34,35). The van der Waals surface area contributed by atoms with Crippen LogP contribution in [0.2, 0.25) is 0 Å². The van der Waals surface area contributed by atoms with Crippen LogP contribution in [-0.2, 0) is 4.79 Å². The number of anilines is 1. The maximum atomic E-state index is 13.6. The van der Waals surface area contributed by atoms with E-state index < -0.39 is 30.3 Å². The molecule has 4 rings (SSSR count). The van der Waals surface area contributed by atoms with Gasteiger partial charge in [-0.2, -0.15) is 0 Å². The van der Waals surface area contributed by atoms with Crippen molar-refractivity contribution in [1.82, 2.24) is 0 Å². The second kappa shape index (κ2) is 11.8. The first-order valence-electron chi connectivity index (χ1n) is 11.2. The number of phenolic OH excluding ortho intramolecular Hbond substituents is 1. The fourth-order valence-corrected chi connectivity index (χ4v) is 5.07. The number of aromatic hydroxyl groups is 1. The van der Waals surface area contributed by atoms with Crippen LogP contribution in [0.25, 0.3) is 0 Å². The summed E-state index contributed by atoms with van der Waals surface area (Å²) in [7, 11) is 0. The fraction of sp³-hybridized carbons (Fsp3) is 0.0714. The lowest BCUT2D eigenvalue weighted by Gasteiger charge is -2.23. The van der Waals surface area contributed by atoms with E-state index in [-0.39, 0.29) is 22.6 Å². The van der Waals surface area contributed by atoms with Gasteiger partial charge in [-0.1, -0.05) is 30.3 Å². The average Bonchev–Trinajstić information content (AvgIpc) is 2.89. The van der Waals surface area contributed by atoms with Gasteiger partial charge in [0.2, 0.25) is 0 Å². The van der Waals surface area contributed by atoms with E-state index in [2.05, 4.69) is 31.9 Å². The van der Waals surface area contributed by atoms with Crippen LogP contribution in [0.15, 0.2) is 93.9 Å². The second-order valence-corrected chi connectivity index (χ2v) is 9.88. The largest absolute Gasteiger partial charge is 0.508 e. The van der Waals surface area contributed by atoms with Crippen molar-refractivity contribution in [1.29, 1.82) is 0 Å². The monoisotopic (exact) mass is 643 g/mol. The number of aliphatic hydroxyl groups is 1. The smallest absolute Gasteiger partial charge is 0.323 e. The molecule has 38 heavy (non-hydrogen) atoms. The van der Waals surface area contributed by atoms with Crippen LogP contribution < -0.4 is 9.64 Å². The first-order chi connectivity index (χ1) is 18.1. The van der Waals surface area contributed by atoms with Crippen LogP contribution in [0.4, 0.5) is 10.1 Å². The molecule has 1 atom stereocenters. The zero-order valence-corrected chi connectivity index (χ0v) is 22.7. The summed E-state index contributed by atoms with van der Waals surface area (Å²) in [5.41, 5.74) is 0.999. The van der Waals surface area contributed by atoms with Crippen LogP contribution in [0.5, 0.6) is 17.2 Å². The molecular weight excluding hydrogens is 625 g/mol. The molecule has 4 aromatic rings. The summed E-state index contributed by atoms with van der Waals surface area (Å²) in [5, 5.41) is 30.5. The van der Waals surface area contributed by atoms with Crippen LogP contribution in [0.1, 0.15) is 27.6 Å². The first-order valence-corrected chi connectivity index (χ1v) is 12.7. The minimum absolute atomic E-state index is 0.109. The van der Waals surface area contributed by atoms with Crippen molar-refractivity contribution in [2.45, 2.75) is 6.10 Å². The molecule has 0 spiro atoms. The lowest BCUT2D eigenvalue weighted by molar-refractivity contribution is -0.135. The van der Waals surface area contributed by atoms with E-state index >= 15 is 0 Å².